The lowest BCUT2D eigenvalue weighted by Gasteiger charge is -2.30. The van der Waals surface area contributed by atoms with Crippen molar-refractivity contribution in [3.63, 3.8) is 0 Å². The number of halogens is 3. The number of nitrogens with one attached hydrogen (secondary N) is 1. The van der Waals surface area contributed by atoms with Crippen LogP contribution in [0.15, 0.2) is 43.0 Å². The molecule has 0 saturated carbocycles. The van der Waals surface area contributed by atoms with E-state index in [0.29, 0.717) is 12.0 Å². The van der Waals surface area contributed by atoms with E-state index in [1.807, 2.05) is 0 Å². The van der Waals surface area contributed by atoms with Crippen LogP contribution in [0.25, 0.3) is 0 Å². The summed E-state index contributed by atoms with van der Waals surface area (Å²) in [6.45, 7) is 3.92. The van der Waals surface area contributed by atoms with Gasteiger partial charge in [0.2, 0.25) is 5.91 Å². The molecular formula is C20H17F3N2O2. The van der Waals surface area contributed by atoms with Crippen molar-refractivity contribution < 1.29 is 22.8 Å². The van der Waals surface area contributed by atoms with Gasteiger partial charge in [-0.25, -0.2) is 13.2 Å². The lowest BCUT2D eigenvalue weighted by Crippen LogP contribution is -2.36. The first-order valence-electron chi connectivity index (χ1n) is 8.39. The van der Waals surface area contributed by atoms with Crippen LogP contribution in [-0.2, 0) is 17.8 Å². The number of anilines is 1. The standard InChI is InChI=1S/C20H17F3N2O2/c1-2-17(26)24-11-12-5-7-13(8-6-12)20(27)25-9-3-4-14-16(25)10-15(21)19(23)18(14)22/h2,5-8,10H,1,3-4,9,11H2,(H,24,26). The lowest BCUT2D eigenvalue weighted by atomic mass is 9.99. The monoisotopic (exact) mass is 374 g/mol. The van der Waals surface area contributed by atoms with Crippen LogP contribution in [0, 0.1) is 17.5 Å². The minimum absolute atomic E-state index is 0.0113. The summed E-state index contributed by atoms with van der Waals surface area (Å²) in [5.41, 5.74) is 1.17. The molecule has 0 aromatic heterocycles. The number of carbonyl (C=O) groups excluding carboxylic acids is 2. The molecule has 1 heterocycles. The first kappa shape index (κ1) is 18.7. The largest absolute Gasteiger partial charge is 0.348 e. The molecule has 0 fully saturated rings. The maximum Gasteiger partial charge on any atom is 0.258 e. The van der Waals surface area contributed by atoms with E-state index < -0.39 is 23.4 Å². The normalized spacial score (nSPS) is 13.1. The van der Waals surface area contributed by atoms with Gasteiger partial charge in [0.15, 0.2) is 17.5 Å². The first-order valence-corrected chi connectivity index (χ1v) is 8.39. The fourth-order valence-corrected chi connectivity index (χ4v) is 3.03. The van der Waals surface area contributed by atoms with Crippen LogP contribution in [0.1, 0.15) is 27.9 Å². The molecule has 1 N–H and O–H groups in total. The molecule has 2 amide bonds. The highest BCUT2D eigenvalue weighted by atomic mass is 19.2. The Morgan fingerprint density at radius 3 is 2.52 bits per heavy atom. The number of benzene rings is 2. The van der Waals surface area contributed by atoms with Crippen molar-refractivity contribution in [1.82, 2.24) is 5.32 Å². The lowest BCUT2D eigenvalue weighted by molar-refractivity contribution is -0.116. The number of rotatable bonds is 4. The third-order valence-corrected chi connectivity index (χ3v) is 4.44. The van der Waals surface area contributed by atoms with Gasteiger partial charge in [-0.1, -0.05) is 18.7 Å². The Balaban J connectivity index is 1.83. The molecule has 27 heavy (non-hydrogen) atoms. The van der Waals surface area contributed by atoms with Crippen LogP contribution in [-0.4, -0.2) is 18.4 Å². The van der Waals surface area contributed by atoms with Crippen molar-refractivity contribution in [2.75, 3.05) is 11.4 Å². The molecule has 2 aromatic carbocycles. The number of fused-ring (bicyclic) bond motifs is 1. The molecule has 3 rings (SSSR count). The van der Waals surface area contributed by atoms with Gasteiger partial charge in [0.25, 0.3) is 5.91 Å². The molecule has 1 aliphatic rings. The zero-order chi connectivity index (χ0) is 19.6. The van der Waals surface area contributed by atoms with Gasteiger partial charge in [-0.3, -0.25) is 9.59 Å². The van der Waals surface area contributed by atoms with E-state index in [2.05, 4.69) is 11.9 Å². The zero-order valence-corrected chi connectivity index (χ0v) is 14.4. The second-order valence-electron chi connectivity index (χ2n) is 6.16. The van der Waals surface area contributed by atoms with Crippen molar-refractivity contribution in [2.24, 2.45) is 0 Å². The highest BCUT2D eigenvalue weighted by Crippen LogP contribution is 2.33. The smallest absolute Gasteiger partial charge is 0.258 e. The van der Waals surface area contributed by atoms with E-state index in [0.717, 1.165) is 17.7 Å². The van der Waals surface area contributed by atoms with E-state index in [1.54, 1.807) is 24.3 Å². The molecule has 0 aliphatic carbocycles. The van der Waals surface area contributed by atoms with Crippen molar-refractivity contribution in [3.8, 4) is 0 Å². The minimum Gasteiger partial charge on any atom is -0.348 e. The maximum atomic E-state index is 14.0. The average molecular weight is 374 g/mol. The van der Waals surface area contributed by atoms with Gasteiger partial charge in [-0.2, -0.15) is 0 Å². The summed E-state index contributed by atoms with van der Waals surface area (Å²) in [6.07, 6.45) is 1.85. The number of amides is 2. The van der Waals surface area contributed by atoms with Crippen LogP contribution in [0.3, 0.4) is 0 Å². The third kappa shape index (κ3) is 3.72. The molecule has 0 saturated heterocycles. The molecule has 140 valence electrons. The third-order valence-electron chi connectivity index (χ3n) is 4.44. The summed E-state index contributed by atoms with van der Waals surface area (Å²) in [4.78, 5) is 25.2. The van der Waals surface area contributed by atoms with E-state index >= 15 is 0 Å². The van der Waals surface area contributed by atoms with Crippen molar-refractivity contribution in [3.05, 3.63) is 77.1 Å². The molecule has 0 spiro atoms. The van der Waals surface area contributed by atoms with E-state index in [9.17, 15) is 22.8 Å². The Morgan fingerprint density at radius 2 is 1.85 bits per heavy atom. The topological polar surface area (TPSA) is 49.4 Å². The zero-order valence-electron chi connectivity index (χ0n) is 14.4. The fraction of sp³-hybridized carbons (Fsp3) is 0.200. The quantitative estimate of drug-likeness (QED) is 0.658. The van der Waals surface area contributed by atoms with Gasteiger partial charge in [0.1, 0.15) is 0 Å². The Labute approximate surface area is 154 Å². The predicted molar refractivity (Wildman–Crippen MR) is 94.8 cm³/mol. The van der Waals surface area contributed by atoms with Crippen LogP contribution in [0.2, 0.25) is 0 Å². The molecule has 2 aromatic rings. The van der Waals surface area contributed by atoms with Gasteiger partial charge in [-0.15, -0.1) is 0 Å². The van der Waals surface area contributed by atoms with Gasteiger partial charge in [0.05, 0.1) is 5.69 Å². The van der Waals surface area contributed by atoms with Crippen molar-refractivity contribution >= 4 is 17.5 Å². The Morgan fingerprint density at radius 1 is 1.15 bits per heavy atom. The second-order valence-corrected chi connectivity index (χ2v) is 6.16. The maximum absolute atomic E-state index is 14.0. The van der Waals surface area contributed by atoms with E-state index in [4.69, 9.17) is 0 Å². The summed E-state index contributed by atoms with van der Waals surface area (Å²) in [7, 11) is 0. The average Bonchev–Trinajstić information content (AvgIpc) is 2.70. The Bertz CT molecular complexity index is 910. The number of hydrogen-bond acceptors (Lipinski definition) is 2. The fourth-order valence-electron chi connectivity index (χ4n) is 3.03. The number of hydrogen-bond donors (Lipinski definition) is 1. The van der Waals surface area contributed by atoms with E-state index in [1.165, 1.54) is 4.90 Å². The molecule has 7 heteroatoms. The summed E-state index contributed by atoms with van der Waals surface area (Å²) in [5.74, 6) is -4.82. The molecule has 0 atom stereocenters. The second kappa shape index (κ2) is 7.65. The predicted octanol–water partition coefficient (Wildman–Crippen LogP) is 3.50. The van der Waals surface area contributed by atoms with Gasteiger partial charge < -0.3 is 10.2 Å². The van der Waals surface area contributed by atoms with Crippen LogP contribution in [0.5, 0.6) is 0 Å². The number of carbonyl (C=O) groups is 2. The van der Waals surface area contributed by atoms with Gasteiger partial charge in [-0.05, 0) is 36.6 Å². The summed E-state index contributed by atoms with van der Waals surface area (Å²) in [6, 6.07) is 7.36. The van der Waals surface area contributed by atoms with Crippen molar-refractivity contribution in [2.45, 2.75) is 19.4 Å². The Kier molecular flexibility index (Phi) is 5.30. The van der Waals surface area contributed by atoms with Crippen LogP contribution < -0.4 is 10.2 Å². The van der Waals surface area contributed by atoms with Gasteiger partial charge in [0, 0.05) is 30.3 Å². The molecule has 0 unspecified atom stereocenters. The summed E-state index contributed by atoms with van der Waals surface area (Å²) >= 11 is 0. The SMILES string of the molecule is C=CC(=O)NCc1ccc(C(=O)N2CCCc3c2cc(F)c(F)c3F)cc1. The van der Waals surface area contributed by atoms with E-state index in [-0.39, 0.29) is 36.7 Å². The molecule has 0 radical (unpaired) electrons. The van der Waals surface area contributed by atoms with Gasteiger partial charge >= 0.3 is 0 Å². The van der Waals surface area contributed by atoms with Crippen molar-refractivity contribution in [1.29, 1.82) is 0 Å². The highest BCUT2D eigenvalue weighted by Gasteiger charge is 2.29. The number of nitrogens with zero attached hydrogens (tertiary/aromatic N) is 1. The first-order chi connectivity index (χ1) is 12.9. The molecule has 1 aliphatic heterocycles. The molecule has 4 nitrogen and oxygen atoms in total. The minimum atomic E-state index is -1.52. The summed E-state index contributed by atoms with van der Waals surface area (Å²) in [5, 5.41) is 2.62. The molecular weight excluding hydrogens is 357 g/mol. The van der Waals surface area contributed by atoms with Crippen LogP contribution in [0.4, 0.5) is 18.9 Å². The summed E-state index contributed by atoms with van der Waals surface area (Å²) < 4.78 is 41.1. The van der Waals surface area contributed by atoms with Crippen LogP contribution >= 0.6 is 0 Å². The Hall–Kier alpha value is -3.09. The molecule has 0 bridgehead atoms. The highest BCUT2D eigenvalue weighted by molar-refractivity contribution is 6.06.